The second kappa shape index (κ2) is 7.13. The van der Waals surface area contributed by atoms with Gasteiger partial charge < -0.3 is 15.7 Å². The van der Waals surface area contributed by atoms with Crippen LogP contribution in [0.25, 0.3) is 0 Å². The molecule has 2 amide bonds. The van der Waals surface area contributed by atoms with Crippen LogP contribution in [0.3, 0.4) is 0 Å². The summed E-state index contributed by atoms with van der Waals surface area (Å²) in [5.74, 6) is 0.597. The average Bonchev–Trinajstić information content (AvgIpc) is 2.46. The van der Waals surface area contributed by atoms with Gasteiger partial charge in [-0.2, -0.15) is 0 Å². The molecule has 1 aromatic carbocycles. The number of nitrogens with one attached hydrogen (secondary N) is 2. The van der Waals surface area contributed by atoms with Crippen molar-refractivity contribution in [3.8, 4) is 0 Å². The number of aliphatic hydroxyl groups is 1. The minimum Gasteiger partial charge on any atom is -0.396 e. The van der Waals surface area contributed by atoms with E-state index in [0.717, 1.165) is 22.6 Å². The van der Waals surface area contributed by atoms with Gasteiger partial charge in [0.05, 0.1) is 6.04 Å². The van der Waals surface area contributed by atoms with Gasteiger partial charge >= 0.3 is 6.03 Å². The minimum atomic E-state index is -0.286. The van der Waals surface area contributed by atoms with Gasteiger partial charge in [-0.05, 0) is 43.0 Å². The van der Waals surface area contributed by atoms with E-state index >= 15 is 0 Å². The quantitative estimate of drug-likeness (QED) is 0.801. The fourth-order valence-corrected chi connectivity index (χ4v) is 3.33. The highest BCUT2D eigenvalue weighted by Crippen LogP contribution is 2.36. The lowest BCUT2D eigenvalue weighted by Gasteiger charge is -2.27. The Bertz CT molecular complexity index is 512. The number of benzene rings is 1. The molecule has 0 bridgehead atoms. The summed E-state index contributed by atoms with van der Waals surface area (Å²) in [5, 5.41) is 14.8. The van der Waals surface area contributed by atoms with Crippen molar-refractivity contribution in [3.63, 3.8) is 0 Å². The van der Waals surface area contributed by atoms with E-state index in [2.05, 4.69) is 10.6 Å². The monoisotopic (exact) mass is 312 g/mol. The first-order valence-corrected chi connectivity index (χ1v) is 8.10. The van der Waals surface area contributed by atoms with E-state index in [9.17, 15) is 9.18 Å². The van der Waals surface area contributed by atoms with Crippen molar-refractivity contribution in [2.24, 2.45) is 5.92 Å². The Morgan fingerprint density at radius 3 is 3.00 bits per heavy atom. The number of carbonyl (C=O) groups is 1. The Morgan fingerprint density at radius 1 is 1.52 bits per heavy atom. The summed E-state index contributed by atoms with van der Waals surface area (Å²) in [6, 6.07) is 4.12. The molecule has 0 saturated heterocycles. The summed E-state index contributed by atoms with van der Waals surface area (Å²) in [7, 11) is 0. The Labute approximate surface area is 128 Å². The SMILES string of the molecule is CC(CO)C(C)NC(=O)NC1CCSc2ccc(F)cc21. The fourth-order valence-electron chi connectivity index (χ4n) is 2.22. The number of thioether (sulfide) groups is 1. The average molecular weight is 312 g/mol. The largest absolute Gasteiger partial charge is 0.396 e. The maximum absolute atomic E-state index is 13.4. The number of carbonyl (C=O) groups excluding carboxylic acids is 1. The van der Waals surface area contributed by atoms with E-state index in [1.165, 1.54) is 12.1 Å². The van der Waals surface area contributed by atoms with Crippen molar-refractivity contribution in [1.29, 1.82) is 0 Å². The first kappa shape index (κ1) is 16.1. The summed E-state index contributed by atoms with van der Waals surface area (Å²) in [4.78, 5) is 13.1. The molecule has 1 aliphatic heterocycles. The van der Waals surface area contributed by atoms with Crippen molar-refractivity contribution in [2.45, 2.75) is 37.2 Å². The summed E-state index contributed by atoms with van der Waals surface area (Å²) < 4.78 is 13.4. The molecule has 6 heteroatoms. The van der Waals surface area contributed by atoms with Crippen LogP contribution in [0.2, 0.25) is 0 Å². The predicted octanol–water partition coefficient (Wildman–Crippen LogP) is 2.68. The molecule has 1 aromatic rings. The summed E-state index contributed by atoms with van der Waals surface area (Å²) >= 11 is 1.68. The van der Waals surface area contributed by atoms with Gasteiger partial charge in [0, 0.05) is 23.3 Å². The topological polar surface area (TPSA) is 61.4 Å². The van der Waals surface area contributed by atoms with E-state index in [0.29, 0.717) is 0 Å². The molecule has 3 atom stereocenters. The Balaban J connectivity index is 2.01. The zero-order chi connectivity index (χ0) is 15.4. The maximum Gasteiger partial charge on any atom is 0.315 e. The molecule has 21 heavy (non-hydrogen) atoms. The first-order chi connectivity index (χ1) is 10.0. The van der Waals surface area contributed by atoms with E-state index in [1.807, 2.05) is 13.8 Å². The van der Waals surface area contributed by atoms with Gasteiger partial charge in [-0.25, -0.2) is 9.18 Å². The van der Waals surface area contributed by atoms with Crippen LogP contribution in [0.1, 0.15) is 31.9 Å². The normalized spacial score (nSPS) is 20.3. The highest BCUT2D eigenvalue weighted by molar-refractivity contribution is 7.99. The van der Waals surface area contributed by atoms with Gasteiger partial charge in [-0.15, -0.1) is 11.8 Å². The number of hydrogen-bond donors (Lipinski definition) is 3. The van der Waals surface area contributed by atoms with Crippen LogP contribution in [0.15, 0.2) is 23.1 Å². The highest BCUT2D eigenvalue weighted by Gasteiger charge is 2.23. The number of fused-ring (bicyclic) bond motifs is 1. The molecule has 0 aliphatic carbocycles. The standard InChI is InChI=1S/C15H21FN2O2S/c1-9(8-19)10(2)17-15(20)18-13-5-6-21-14-4-3-11(16)7-12(13)14/h3-4,7,9-10,13,19H,5-6,8H2,1-2H3,(H2,17,18,20). The molecule has 3 N–H and O–H groups in total. The molecule has 4 nitrogen and oxygen atoms in total. The zero-order valence-corrected chi connectivity index (χ0v) is 13.0. The van der Waals surface area contributed by atoms with Crippen LogP contribution in [0.4, 0.5) is 9.18 Å². The third-order valence-corrected chi connectivity index (χ3v) is 4.94. The zero-order valence-electron chi connectivity index (χ0n) is 12.2. The number of urea groups is 1. The Morgan fingerprint density at radius 2 is 2.29 bits per heavy atom. The molecule has 0 fully saturated rings. The Hall–Kier alpha value is -1.27. The summed E-state index contributed by atoms with van der Waals surface area (Å²) in [5.41, 5.74) is 0.837. The molecule has 3 unspecified atom stereocenters. The lowest BCUT2D eigenvalue weighted by atomic mass is 10.0. The molecule has 1 heterocycles. The van der Waals surface area contributed by atoms with Gasteiger partial charge in [0.2, 0.25) is 0 Å². The minimum absolute atomic E-state index is 0.0117. The predicted molar refractivity (Wildman–Crippen MR) is 81.9 cm³/mol. The lowest BCUT2D eigenvalue weighted by molar-refractivity contribution is 0.199. The molecule has 116 valence electrons. The second-order valence-corrected chi connectivity index (χ2v) is 6.57. The summed E-state index contributed by atoms with van der Waals surface area (Å²) in [6.45, 7) is 3.74. The number of amides is 2. The lowest BCUT2D eigenvalue weighted by Crippen LogP contribution is -2.45. The van der Waals surface area contributed by atoms with Crippen LogP contribution in [-0.4, -0.2) is 29.5 Å². The van der Waals surface area contributed by atoms with Gasteiger partial charge in [-0.1, -0.05) is 6.92 Å². The number of aliphatic hydroxyl groups excluding tert-OH is 1. The molecule has 0 aromatic heterocycles. The smallest absolute Gasteiger partial charge is 0.315 e. The van der Waals surface area contributed by atoms with Crippen LogP contribution < -0.4 is 10.6 Å². The molecule has 0 spiro atoms. The van der Waals surface area contributed by atoms with Crippen LogP contribution in [-0.2, 0) is 0 Å². The maximum atomic E-state index is 13.4. The van der Waals surface area contributed by atoms with Gasteiger partial charge in [-0.3, -0.25) is 0 Å². The van der Waals surface area contributed by atoms with Crippen molar-refractivity contribution >= 4 is 17.8 Å². The second-order valence-electron chi connectivity index (χ2n) is 5.44. The van der Waals surface area contributed by atoms with E-state index in [4.69, 9.17) is 5.11 Å². The fraction of sp³-hybridized carbons (Fsp3) is 0.533. The highest BCUT2D eigenvalue weighted by atomic mass is 32.2. The molecule has 1 aliphatic rings. The van der Waals surface area contributed by atoms with E-state index in [-0.39, 0.29) is 36.5 Å². The number of hydrogen-bond acceptors (Lipinski definition) is 3. The first-order valence-electron chi connectivity index (χ1n) is 7.11. The Kier molecular flexibility index (Phi) is 5.47. The van der Waals surface area contributed by atoms with Crippen LogP contribution >= 0.6 is 11.8 Å². The third-order valence-electron chi connectivity index (χ3n) is 3.82. The van der Waals surface area contributed by atoms with Crippen LogP contribution in [0.5, 0.6) is 0 Å². The van der Waals surface area contributed by atoms with Crippen molar-refractivity contribution in [3.05, 3.63) is 29.6 Å². The van der Waals surface area contributed by atoms with Gasteiger partial charge in [0.15, 0.2) is 0 Å². The molecule has 0 saturated carbocycles. The number of rotatable bonds is 4. The van der Waals surface area contributed by atoms with Crippen LogP contribution in [0, 0.1) is 11.7 Å². The molecular weight excluding hydrogens is 291 g/mol. The molecule has 0 radical (unpaired) electrons. The van der Waals surface area contributed by atoms with E-state index in [1.54, 1.807) is 17.8 Å². The molecular formula is C15H21FN2O2S. The number of halogens is 1. The third kappa shape index (κ3) is 4.11. The van der Waals surface area contributed by atoms with Gasteiger partial charge in [0.1, 0.15) is 5.82 Å². The van der Waals surface area contributed by atoms with Crippen molar-refractivity contribution < 1.29 is 14.3 Å². The van der Waals surface area contributed by atoms with Crippen molar-refractivity contribution in [1.82, 2.24) is 10.6 Å². The van der Waals surface area contributed by atoms with Gasteiger partial charge in [0.25, 0.3) is 0 Å². The summed E-state index contributed by atoms with van der Waals surface area (Å²) in [6.07, 6.45) is 0.776. The van der Waals surface area contributed by atoms with E-state index < -0.39 is 0 Å². The molecule has 2 rings (SSSR count). The van der Waals surface area contributed by atoms with Crippen molar-refractivity contribution in [2.75, 3.05) is 12.4 Å².